The van der Waals surface area contributed by atoms with E-state index in [1.807, 2.05) is 26.8 Å². The Labute approximate surface area is 133 Å². The minimum atomic E-state index is -0.357. The third-order valence-electron chi connectivity index (χ3n) is 2.92. The molecule has 0 saturated heterocycles. The predicted molar refractivity (Wildman–Crippen MR) is 85.6 cm³/mol. The van der Waals surface area contributed by atoms with E-state index in [9.17, 15) is 4.79 Å². The van der Waals surface area contributed by atoms with Crippen LogP contribution in [0.5, 0.6) is 5.75 Å². The number of benzene rings is 1. The normalized spacial score (nSPS) is 10.9. The number of furan rings is 1. The number of amides is 1. The highest BCUT2D eigenvalue weighted by Gasteiger charge is 2.06. The van der Waals surface area contributed by atoms with Crippen LogP contribution in [-0.4, -0.2) is 18.7 Å². The second kappa shape index (κ2) is 7.13. The number of nitrogens with zero attached hydrogens (tertiary/aromatic N) is 1. The molecular formula is C16H17ClN2O3. The van der Waals surface area contributed by atoms with Gasteiger partial charge in [-0.15, -0.1) is 0 Å². The molecule has 1 amide bonds. The van der Waals surface area contributed by atoms with Crippen LogP contribution < -0.4 is 10.2 Å². The molecule has 0 aliphatic carbocycles. The first-order chi connectivity index (χ1) is 10.5. The number of hydrogen-bond donors (Lipinski definition) is 1. The van der Waals surface area contributed by atoms with Gasteiger partial charge < -0.3 is 9.15 Å². The minimum absolute atomic E-state index is 0.130. The molecule has 0 fully saturated rings. The average molecular weight is 321 g/mol. The summed E-state index contributed by atoms with van der Waals surface area (Å²) in [6.45, 7) is 5.48. The monoisotopic (exact) mass is 320 g/mol. The number of aryl methyl sites for hydroxylation is 3. The summed E-state index contributed by atoms with van der Waals surface area (Å²) >= 11 is 6.08. The Morgan fingerprint density at radius 3 is 2.59 bits per heavy atom. The zero-order chi connectivity index (χ0) is 16.1. The predicted octanol–water partition coefficient (Wildman–Crippen LogP) is 3.39. The van der Waals surface area contributed by atoms with E-state index in [-0.39, 0.29) is 12.5 Å². The second-order valence-corrected chi connectivity index (χ2v) is 5.28. The van der Waals surface area contributed by atoms with E-state index >= 15 is 0 Å². The molecule has 1 heterocycles. The molecule has 1 aromatic carbocycles. The zero-order valence-electron chi connectivity index (χ0n) is 12.6. The van der Waals surface area contributed by atoms with Crippen LogP contribution in [-0.2, 0) is 4.79 Å². The van der Waals surface area contributed by atoms with Gasteiger partial charge in [0, 0.05) is 5.02 Å². The molecule has 0 aliphatic rings. The van der Waals surface area contributed by atoms with Gasteiger partial charge in [0.1, 0.15) is 17.3 Å². The van der Waals surface area contributed by atoms with Gasteiger partial charge in [-0.05, 0) is 56.2 Å². The smallest absolute Gasteiger partial charge is 0.277 e. The van der Waals surface area contributed by atoms with Crippen molar-refractivity contribution in [3.8, 4) is 5.75 Å². The Morgan fingerprint density at radius 1 is 1.32 bits per heavy atom. The number of hydrogen-bond acceptors (Lipinski definition) is 4. The fourth-order valence-electron chi connectivity index (χ4n) is 1.86. The van der Waals surface area contributed by atoms with Crippen LogP contribution in [0.3, 0.4) is 0 Å². The topological polar surface area (TPSA) is 63.8 Å². The standard InChI is InChI=1S/C16H17ClN2O3/c1-10-6-14(7-11(2)16(10)17)21-9-15(20)19-18-8-13-5-4-12(3)22-13/h4-8H,9H2,1-3H3,(H,19,20)/b18-8-. The number of carbonyl (C=O) groups is 1. The summed E-state index contributed by atoms with van der Waals surface area (Å²) in [5.41, 5.74) is 4.18. The molecule has 5 nitrogen and oxygen atoms in total. The first-order valence-electron chi connectivity index (χ1n) is 6.73. The SMILES string of the molecule is Cc1ccc(/C=N\NC(=O)COc2cc(C)c(Cl)c(C)c2)o1. The summed E-state index contributed by atoms with van der Waals surface area (Å²) in [7, 11) is 0. The minimum Gasteiger partial charge on any atom is -0.484 e. The lowest BCUT2D eigenvalue weighted by Crippen LogP contribution is -2.24. The van der Waals surface area contributed by atoms with Gasteiger partial charge in [0.2, 0.25) is 0 Å². The maximum absolute atomic E-state index is 11.6. The Morgan fingerprint density at radius 2 is 2.00 bits per heavy atom. The number of rotatable bonds is 5. The molecule has 0 spiro atoms. The Balaban J connectivity index is 1.84. The summed E-state index contributed by atoms with van der Waals surface area (Å²) < 4.78 is 10.7. The molecule has 22 heavy (non-hydrogen) atoms. The van der Waals surface area contributed by atoms with Crippen LogP contribution in [0.1, 0.15) is 22.6 Å². The molecular weight excluding hydrogens is 304 g/mol. The highest BCUT2D eigenvalue weighted by Crippen LogP contribution is 2.25. The van der Waals surface area contributed by atoms with Crippen LogP contribution >= 0.6 is 11.6 Å². The Kier molecular flexibility index (Phi) is 5.22. The second-order valence-electron chi connectivity index (χ2n) is 4.90. The van der Waals surface area contributed by atoms with E-state index in [0.717, 1.165) is 16.9 Å². The van der Waals surface area contributed by atoms with Gasteiger partial charge in [-0.3, -0.25) is 4.79 Å². The van der Waals surface area contributed by atoms with Crippen LogP contribution in [0.15, 0.2) is 33.8 Å². The summed E-state index contributed by atoms with van der Waals surface area (Å²) in [6, 6.07) is 7.16. The summed E-state index contributed by atoms with van der Waals surface area (Å²) in [4.78, 5) is 11.6. The van der Waals surface area contributed by atoms with Crippen molar-refractivity contribution in [1.29, 1.82) is 0 Å². The molecule has 2 aromatic rings. The number of nitrogens with one attached hydrogen (secondary N) is 1. The number of hydrazone groups is 1. The molecule has 0 aliphatic heterocycles. The number of halogens is 1. The van der Waals surface area contributed by atoms with Gasteiger partial charge in [0.15, 0.2) is 6.61 Å². The van der Waals surface area contributed by atoms with Crippen molar-refractivity contribution < 1.29 is 13.9 Å². The summed E-state index contributed by atoms with van der Waals surface area (Å²) in [5, 5.41) is 4.50. The molecule has 0 saturated carbocycles. The van der Waals surface area contributed by atoms with Crippen LogP contribution in [0.2, 0.25) is 5.02 Å². The highest BCUT2D eigenvalue weighted by molar-refractivity contribution is 6.32. The van der Waals surface area contributed by atoms with Crippen molar-refractivity contribution in [3.63, 3.8) is 0 Å². The van der Waals surface area contributed by atoms with E-state index in [1.54, 1.807) is 18.2 Å². The molecule has 0 unspecified atom stereocenters. The maximum Gasteiger partial charge on any atom is 0.277 e. The highest BCUT2D eigenvalue weighted by atomic mass is 35.5. The number of ether oxygens (including phenoxy) is 1. The van der Waals surface area contributed by atoms with Gasteiger partial charge in [0.05, 0.1) is 6.21 Å². The van der Waals surface area contributed by atoms with Gasteiger partial charge >= 0.3 is 0 Å². The summed E-state index contributed by atoms with van der Waals surface area (Å²) in [6.07, 6.45) is 1.43. The third-order valence-corrected chi connectivity index (χ3v) is 3.52. The van der Waals surface area contributed by atoms with Crippen molar-refractivity contribution in [2.75, 3.05) is 6.61 Å². The van der Waals surface area contributed by atoms with E-state index in [0.29, 0.717) is 16.5 Å². The van der Waals surface area contributed by atoms with E-state index in [1.165, 1.54) is 6.21 Å². The largest absolute Gasteiger partial charge is 0.484 e. The molecule has 116 valence electrons. The molecule has 1 aromatic heterocycles. The lowest BCUT2D eigenvalue weighted by Gasteiger charge is -2.09. The van der Waals surface area contributed by atoms with Crippen molar-refractivity contribution in [2.24, 2.45) is 5.10 Å². The van der Waals surface area contributed by atoms with Crippen LogP contribution in [0.25, 0.3) is 0 Å². The third kappa shape index (κ3) is 4.36. The van der Waals surface area contributed by atoms with E-state index in [2.05, 4.69) is 10.5 Å². The maximum atomic E-state index is 11.6. The quantitative estimate of drug-likeness (QED) is 0.678. The number of carbonyl (C=O) groups excluding carboxylic acids is 1. The van der Waals surface area contributed by atoms with Crippen molar-refractivity contribution in [1.82, 2.24) is 5.43 Å². The molecule has 0 radical (unpaired) electrons. The van der Waals surface area contributed by atoms with E-state index < -0.39 is 0 Å². The van der Waals surface area contributed by atoms with Crippen molar-refractivity contribution in [2.45, 2.75) is 20.8 Å². The summed E-state index contributed by atoms with van der Waals surface area (Å²) in [5.74, 6) is 1.59. The van der Waals surface area contributed by atoms with Crippen molar-refractivity contribution in [3.05, 3.63) is 51.9 Å². The first-order valence-corrected chi connectivity index (χ1v) is 7.11. The lowest BCUT2D eigenvalue weighted by atomic mass is 10.1. The van der Waals surface area contributed by atoms with Crippen LogP contribution in [0, 0.1) is 20.8 Å². The Bertz CT molecular complexity index is 684. The van der Waals surface area contributed by atoms with Gasteiger partial charge in [-0.25, -0.2) is 5.43 Å². The molecule has 1 N–H and O–H groups in total. The van der Waals surface area contributed by atoms with Crippen molar-refractivity contribution >= 4 is 23.7 Å². The molecule has 0 bridgehead atoms. The van der Waals surface area contributed by atoms with E-state index in [4.69, 9.17) is 20.8 Å². The molecule has 2 rings (SSSR count). The molecule has 0 atom stereocenters. The van der Waals surface area contributed by atoms with Gasteiger partial charge in [0.25, 0.3) is 5.91 Å². The van der Waals surface area contributed by atoms with Gasteiger partial charge in [-0.1, -0.05) is 11.6 Å². The zero-order valence-corrected chi connectivity index (χ0v) is 13.4. The fourth-order valence-corrected chi connectivity index (χ4v) is 1.97. The molecule has 6 heteroatoms. The lowest BCUT2D eigenvalue weighted by molar-refractivity contribution is -0.123. The average Bonchev–Trinajstić information content (AvgIpc) is 2.88. The van der Waals surface area contributed by atoms with Gasteiger partial charge in [-0.2, -0.15) is 5.10 Å². The van der Waals surface area contributed by atoms with Crippen LogP contribution in [0.4, 0.5) is 0 Å². The fraction of sp³-hybridized carbons (Fsp3) is 0.250. The Hall–Kier alpha value is -2.27. The first kappa shape index (κ1) is 16.1.